The topological polar surface area (TPSA) is 71.9 Å². The zero-order valence-electron chi connectivity index (χ0n) is 13.2. The summed E-state index contributed by atoms with van der Waals surface area (Å²) >= 11 is 0. The fraction of sp³-hybridized carbons (Fsp3) is 0.625. The molecule has 0 bridgehead atoms. The van der Waals surface area contributed by atoms with E-state index in [9.17, 15) is 9.90 Å². The van der Waals surface area contributed by atoms with Crippen molar-refractivity contribution in [3.63, 3.8) is 0 Å². The summed E-state index contributed by atoms with van der Waals surface area (Å²) in [6, 6.07) is 3.45. The van der Waals surface area contributed by atoms with Crippen molar-refractivity contribution in [2.75, 3.05) is 40.5 Å². The van der Waals surface area contributed by atoms with E-state index in [4.69, 9.17) is 9.47 Å². The summed E-state index contributed by atoms with van der Waals surface area (Å²) in [5.74, 6) is 0.240. The minimum absolute atomic E-state index is 0.0598. The maximum absolute atomic E-state index is 12.7. The Bertz CT molecular complexity index is 509. The predicted molar refractivity (Wildman–Crippen MR) is 81.9 cm³/mol. The van der Waals surface area contributed by atoms with Gasteiger partial charge in [0, 0.05) is 38.4 Å². The number of carbonyl (C=O) groups excluding carboxylic acids is 1. The van der Waals surface area contributed by atoms with Crippen LogP contribution >= 0.6 is 0 Å². The molecular weight excluding hydrogens is 284 g/mol. The van der Waals surface area contributed by atoms with Crippen LogP contribution in [-0.4, -0.2) is 61.4 Å². The van der Waals surface area contributed by atoms with Crippen LogP contribution in [0.3, 0.4) is 0 Å². The van der Waals surface area contributed by atoms with Crippen molar-refractivity contribution in [3.8, 4) is 5.88 Å². The Labute approximate surface area is 131 Å². The van der Waals surface area contributed by atoms with Crippen LogP contribution in [0.25, 0.3) is 0 Å². The molecular formula is C16H24N2O4. The lowest BCUT2D eigenvalue weighted by Gasteiger charge is -2.41. The third kappa shape index (κ3) is 3.56. The number of hydrogen-bond donors (Lipinski definition) is 1. The summed E-state index contributed by atoms with van der Waals surface area (Å²) in [6.07, 6.45) is 4.12. The van der Waals surface area contributed by atoms with Crippen LogP contribution in [0.2, 0.25) is 0 Å². The normalized spacial score (nSPS) is 21.7. The first-order valence-corrected chi connectivity index (χ1v) is 7.54. The maximum Gasteiger partial charge on any atom is 0.259 e. The quantitative estimate of drug-likeness (QED) is 0.858. The second-order valence-corrected chi connectivity index (χ2v) is 5.79. The van der Waals surface area contributed by atoms with Gasteiger partial charge in [0.25, 0.3) is 5.91 Å². The second-order valence-electron chi connectivity index (χ2n) is 5.79. The summed E-state index contributed by atoms with van der Waals surface area (Å²) in [5, 5.41) is 9.81. The number of pyridine rings is 1. The summed E-state index contributed by atoms with van der Waals surface area (Å²) in [5.41, 5.74) is 0.185. The number of aliphatic hydroxyl groups excluding tert-OH is 1. The van der Waals surface area contributed by atoms with Gasteiger partial charge in [-0.25, -0.2) is 4.98 Å². The van der Waals surface area contributed by atoms with Gasteiger partial charge >= 0.3 is 0 Å². The minimum atomic E-state index is -0.278. The highest BCUT2D eigenvalue weighted by atomic mass is 16.5. The van der Waals surface area contributed by atoms with Crippen LogP contribution in [0.4, 0.5) is 0 Å². The smallest absolute Gasteiger partial charge is 0.259 e. The fourth-order valence-corrected chi connectivity index (χ4v) is 3.00. The predicted octanol–water partition coefficient (Wildman–Crippen LogP) is 1.34. The Hall–Kier alpha value is -1.66. The average molecular weight is 308 g/mol. The molecule has 0 aliphatic carbocycles. The van der Waals surface area contributed by atoms with E-state index in [0.29, 0.717) is 31.1 Å². The molecule has 0 spiro atoms. The van der Waals surface area contributed by atoms with Gasteiger partial charge in [-0.3, -0.25) is 4.79 Å². The number of amides is 1. The van der Waals surface area contributed by atoms with Gasteiger partial charge in [-0.2, -0.15) is 0 Å². The van der Waals surface area contributed by atoms with E-state index in [1.54, 1.807) is 30.3 Å². The molecule has 0 aromatic carbocycles. The molecule has 1 N–H and O–H groups in total. The summed E-state index contributed by atoms with van der Waals surface area (Å²) < 4.78 is 10.3. The monoisotopic (exact) mass is 308 g/mol. The number of hydrogen-bond acceptors (Lipinski definition) is 5. The molecule has 0 saturated carbocycles. The first-order valence-electron chi connectivity index (χ1n) is 7.54. The zero-order valence-corrected chi connectivity index (χ0v) is 13.2. The molecule has 1 aromatic heterocycles. The number of piperidine rings is 1. The van der Waals surface area contributed by atoms with Gasteiger partial charge in [0.2, 0.25) is 5.88 Å². The Morgan fingerprint density at radius 2 is 2.32 bits per heavy atom. The van der Waals surface area contributed by atoms with Crippen LogP contribution in [0.1, 0.15) is 29.6 Å². The van der Waals surface area contributed by atoms with Crippen LogP contribution in [0, 0.1) is 5.41 Å². The number of carbonyl (C=O) groups is 1. The molecule has 6 nitrogen and oxygen atoms in total. The van der Waals surface area contributed by atoms with Crippen molar-refractivity contribution in [1.29, 1.82) is 0 Å². The molecule has 6 heteroatoms. The number of ether oxygens (including phenoxy) is 2. The zero-order chi connectivity index (χ0) is 16.0. The third-order valence-electron chi connectivity index (χ3n) is 4.32. The van der Waals surface area contributed by atoms with Crippen molar-refractivity contribution in [1.82, 2.24) is 9.88 Å². The van der Waals surface area contributed by atoms with Gasteiger partial charge in [-0.1, -0.05) is 0 Å². The number of likely N-dealkylation sites (tertiary alicyclic amines) is 1. The maximum atomic E-state index is 12.7. The SMILES string of the molecule is COCC[C@@]1(CO)CCCN(C(=O)c2cccnc2OC)C1. The fourth-order valence-electron chi connectivity index (χ4n) is 3.00. The molecule has 1 fully saturated rings. The van der Waals surface area contributed by atoms with E-state index in [-0.39, 0.29) is 17.9 Å². The first-order chi connectivity index (χ1) is 10.7. The van der Waals surface area contributed by atoms with Gasteiger partial charge < -0.3 is 19.5 Å². The van der Waals surface area contributed by atoms with E-state index in [1.807, 2.05) is 0 Å². The van der Waals surface area contributed by atoms with Gasteiger partial charge in [0.1, 0.15) is 5.56 Å². The Morgan fingerprint density at radius 1 is 1.50 bits per heavy atom. The van der Waals surface area contributed by atoms with Crippen LogP contribution in [0.15, 0.2) is 18.3 Å². The molecule has 122 valence electrons. The Morgan fingerprint density at radius 3 is 3.00 bits per heavy atom. The number of methoxy groups -OCH3 is 2. The molecule has 22 heavy (non-hydrogen) atoms. The summed E-state index contributed by atoms with van der Waals surface area (Å²) in [7, 11) is 3.16. The van der Waals surface area contributed by atoms with E-state index >= 15 is 0 Å². The van der Waals surface area contributed by atoms with Crippen molar-refractivity contribution in [2.24, 2.45) is 5.41 Å². The molecule has 1 aliphatic rings. The van der Waals surface area contributed by atoms with E-state index < -0.39 is 0 Å². The number of rotatable bonds is 6. The molecule has 2 heterocycles. The molecule has 1 aliphatic heterocycles. The molecule has 0 unspecified atom stereocenters. The Kier molecular flexibility index (Phi) is 5.74. The van der Waals surface area contributed by atoms with E-state index in [2.05, 4.69) is 4.98 Å². The molecule has 2 rings (SSSR count). The number of aliphatic hydroxyl groups is 1. The molecule has 1 amide bonds. The van der Waals surface area contributed by atoms with Crippen molar-refractivity contribution >= 4 is 5.91 Å². The first kappa shape index (κ1) is 16.7. The van der Waals surface area contributed by atoms with Gasteiger partial charge in [-0.15, -0.1) is 0 Å². The highest BCUT2D eigenvalue weighted by molar-refractivity contribution is 5.96. The minimum Gasteiger partial charge on any atom is -0.480 e. The van der Waals surface area contributed by atoms with Crippen LogP contribution in [0.5, 0.6) is 5.88 Å². The second kappa shape index (κ2) is 7.56. The standard InChI is InChI=1S/C16H24N2O4/c1-21-10-7-16(12-19)6-4-9-18(11-16)15(20)13-5-3-8-17-14(13)22-2/h3,5,8,19H,4,6-7,9-12H2,1-2H3/t16-/m0/s1. The van der Waals surface area contributed by atoms with Crippen LogP contribution in [-0.2, 0) is 4.74 Å². The van der Waals surface area contributed by atoms with Crippen molar-refractivity contribution in [3.05, 3.63) is 23.9 Å². The third-order valence-corrected chi connectivity index (χ3v) is 4.32. The molecule has 1 saturated heterocycles. The number of nitrogens with zero attached hydrogens (tertiary/aromatic N) is 2. The molecule has 0 radical (unpaired) electrons. The Balaban J connectivity index is 2.15. The van der Waals surface area contributed by atoms with Gasteiger partial charge in [0.05, 0.1) is 13.7 Å². The highest BCUT2D eigenvalue weighted by Gasteiger charge is 2.37. The van der Waals surface area contributed by atoms with E-state index in [0.717, 1.165) is 19.3 Å². The average Bonchev–Trinajstić information content (AvgIpc) is 2.59. The van der Waals surface area contributed by atoms with Gasteiger partial charge in [-0.05, 0) is 31.4 Å². The number of aromatic nitrogens is 1. The van der Waals surface area contributed by atoms with Crippen LogP contribution < -0.4 is 4.74 Å². The van der Waals surface area contributed by atoms with Gasteiger partial charge in [0.15, 0.2) is 0 Å². The lowest BCUT2D eigenvalue weighted by molar-refractivity contribution is 0.00883. The lowest BCUT2D eigenvalue weighted by Crippen LogP contribution is -2.48. The summed E-state index contributed by atoms with van der Waals surface area (Å²) in [6.45, 7) is 1.86. The summed E-state index contributed by atoms with van der Waals surface area (Å²) in [4.78, 5) is 18.6. The van der Waals surface area contributed by atoms with E-state index in [1.165, 1.54) is 7.11 Å². The largest absolute Gasteiger partial charge is 0.480 e. The lowest BCUT2D eigenvalue weighted by atomic mass is 9.78. The molecule has 1 aromatic rings. The molecule has 1 atom stereocenters. The van der Waals surface area contributed by atoms with Crippen molar-refractivity contribution in [2.45, 2.75) is 19.3 Å². The highest BCUT2D eigenvalue weighted by Crippen LogP contribution is 2.34. The van der Waals surface area contributed by atoms with Crippen molar-refractivity contribution < 1.29 is 19.4 Å².